The first-order valence-electron chi connectivity index (χ1n) is 16.9. The molecule has 0 fully saturated rings. The first-order chi connectivity index (χ1) is 26.3. The van der Waals surface area contributed by atoms with E-state index >= 15 is 0 Å². The van der Waals surface area contributed by atoms with Crippen molar-refractivity contribution in [3.05, 3.63) is 177 Å². The number of esters is 1. The van der Waals surface area contributed by atoms with Gasteiger partial charge in [0.15, 0.2) is 0 Å². The molecule has 0 aliphatic carbocycles. The fraction of sp³-hybridized carbons (Fsp3) is 0.0698. The summed E-state index contributed by atoms with van der Waals surface area (Å²) in [6.07, 6.45) is 1.61. The van der Waals surface area contributed by atoms with Gasteiger partial charge in [-0.15, -0.1) is 23.1 Å². The monoisotopic (exact) mass is 815 g/mol. The molecule has 8 nitrogen and oxygen atoms in total. The van der Waals surface area contributed by atoms with Gasteiger partial charge < -0.3 is 20.7 Å². The van der Waals surface area contributed by atoms with Gasteiger partial charge in [0, 0.05) is 31.6 Å². The van der Waals surface area contributed by atoms with E-state index in [1.165, 1.54) is 23.1 Å². The van der Waals surface area contributed by atoms with Gasteiger partial charge in [-0.2, -0.15) is 0 Å². The number of benzene rings is 5. The summed E-state index contributed by atoms with van der Waals surface area (Å²) >= 11 is 5.98. The highest BCUT2D eigenvalue weighted by atomic mass is 79.9. The van der Waals surface area contributed by atoms with Crippen molar-refractivity contribution in [1.82, 2.24) is 5.32 Å². The van der Waals surface area contributed by atoms with Crippen LogP contribution in [0.4, 0.5) is 10.7 Å². The Hall–Kier alpha value is -5.75. The highest BCUT2D eigenvalue weighted by Gasteiger charge is 2.27. The molecule has 1 unspecified atom stereocenters. The number of ether oxygens (including phenoxy) is 1. The molecule has 6 aromatic rings. The van der Waals surface area contributed by atoms with E-state index in [1.54, 1.807) is 55.5 Å². The minimum atomic E-state index is -0.729. The summed E-state index contributed by atoms with van der Waals surface area (Å²) in [7, 11) is 0. The van der Waals surface area contributed by atoms with Gasteiger partial charge in [-0.05, 0) is 72.2 Å². The maximum atomic E-state index is 14.2. The van der Waals surface area contributed by atoms with E-state index in [2.05, 4.69) is 31.9 Å². The van der Waals surface area contributed by atoms with Crippen molar-refractivity contribution in [1.29, 1.82) is 0 Å². The third kappa shape index (κ3) is 9.81. The molecule has 1 heterocycles. The molecule has 11 heteroatoms. The zero-order chi connectivity index (χ0) is 37.9. The van der Waals surface area contributed by atoms with E-state index in [-0.39, 0.29) is 18.2 Å². The summed E-state index contributed by atoms with van der Waals surface area (Å²) in [6.45, 7) is 1.93. The van der Waals surface area contributed by atoms with Crippen LogP contribution in [0.5, 0.6) is 0 Å². The van der Waals surface area contributed by atoms with Gasteiger partial charge in [0.25, 0.3) is 11.8 Å². The summed E-state index contributed by atoms with van der Waals surface area (Å²) in [6, 6.07) is 41.9. The smallest absolute Gasteiger partial charge is 0.341 e. The van der Waals surface area contributed by atoms with Gasteiger partial charge in [-0.3, -0.25) is 14.4 Å². The summed E-state index contributed by atoms with van der Waals surface area (Å²) in [5.41, 5.74) is 4.19. The fourth-order valence-electron chi connectivity index (χ4n) is 5.41. The van der Waals surface area contributed by atoms with Crippen LogP contribution < -0.4 is 16.0 Å². The molecule has 0 spiro atoms. The van der Waals surface area contributed by atoms with Crippen LogP contribution in [0, 0.1) is 0 Å². The van der Waals surface area contributed by atoms with Crippen LogP contribution in [-0.4, -0.2) is 30.3 Å². The Morgan fingerprint density at radius 2 is 1.46 bits per heavy atom. The number of thioether (sulfide) groups is 1. The molecule has 54 heavy (non-hydrogen) atoms. The van der Waals surface area contributed by atoms with E-state index in [0.717, 1.165) is 15.6 Å². The molecular formula is C43H34BrN3O5S2. The van der Waals surface area contributed by atoms with Crippen molar-refractivity contribution in [3.8, 4) is 11.1 Å². The van der Waals surface area contributed by atoms with Crippen LogP contribution in [0.2, 0.25) is 0 Å². The van der Waals surface area contributed by atoms with Crippen molar-refractivity contribution >= 4 is 79.5 Å². The molecule has 5 aromatic carbocycles. The van der Waals surface area contributed by atoms with Crippen LogP contribution in [0.3, 0.4) is 0 Å². The molecule has 0 saturated heterocycles. The van der Waals surface area contributed by atoms with E-state index < -0.39 is 23.0 Å². The Balaban J connectivity index is 1.25. The second-order valence-electron chi connectivity index (χ2n) is 11.7. The summed E-state index contributed by atoms with van der Waals surface area (Å²) in [5, 5.41) is 10.2. The van der Waals surface area contributed by atoms with Crippen molar-refractivity contribution in [2.45, 2.75) is 17.1 Å². The second kappa shape index (κ2) is 18.3. The summed E-state index contributed by atoms with van der Waals surface area (Å²) in [4.78, 5) is 54.9. The molecule has 1 atom stereocenters. The third-order valence-electron chi connectivity index (χ3n) is 7.99. The largest absolute Gasteiger partial charge is 0.462 e. The molecule has 270 valence electrons. The summed E-state index contributed by atoms with van der Waals surface area (Å²) < 4.78 is 6.28. The van der Waals surface area contributed by atoms with Gasteiger partial charge in [0.05, 0.1) is 6.61 Å². The molecule has 0 aliphatic rings. The van der Waals surface area contributed by atoms with Crippen LogP contribution in [0.15, 0.2) is 160 Å². The van der Waals surface area contributed by atoms with Gasteiger partial charge >= 0.3 is 5.97 Å². The fourth-order valence-corrected chi connectivity index (χ4v) is 7.72. The lowest BCUT2D eigenvalue weighted by molar-refractivity contribution is -0.116. The Morgan fingerprint density at radius 3 is 2.15 bits per heavy atom. The van der Waals surface area contributed by atoms with Crippen molar-refractivity contribution < 1.29 is 23.9 Å². The maximum Gasteiger partial charge on any atom is 0.341 e. The predicted molar refractivity (Wildman–Crippen MR) is 220 cm³/mol. The molecule has 0 aliphatic heterocycles. The van der Waals surface area contributed by atoms with Crippen molar-refractivity contribution in [3.63, 3.8) is 0 Å². The Morgan fingerprint density at radius 1 is 0.796 bits per heavy atom. The van der Waals surface area contributed by atoms with E-state index in [4.69, 9.17) is 4.74 Å². The Kier molecular flexibility index (Phi) is 12.9. The number of halogens is 1. The predicted octanol–water partition coefficient (Wildman–Crippen LogP) is 10.2. The van der Waals surface area contributed by atoms with E-state index in [9.17, 15) is 19.2 Å². The standard InChI is InChI=1S/C43H34BrN3O5S2/c1-2-52-43(51)37-35(29-13-6-3-7-14-29)27-53-42(37)47-41(50)38(30-15-8-4-9-16-30)54-34-20-12-19-33(26-34)45-40(49)36(25-28-21-23-32(44)24-22-28)46-39(48)31-17-10-5-11-18-31/h3-27,38H,2H2,1H3,(H,45,49)(H,46,48)(H,47,50)/b36-25+. The zero-order valence-corrected chi connectivity index (χ0v) is 32.2. The Bertz CT molecular complexity index is 2280. The molecule has 3 N–H and O–H groups in total. The van der Waals surface area contributed by atoms with Crippen LogP contribution >= 0.6 is 39.0 Å². The third-order valence-corrected chi connectivity index (χ3v) is 10.7. The second-order valence-corrected chi connectivity index (χ2v) is 14.7. The lowest BCUT2D eigenvalue weighted by Gasteiger charge is -2.18. The SMILES string of the molecule is CCOC(=O)c1c(-c2ccccc2)csc1NC(=O)C(Sc1cccc(NC(=O)/C(=C\c2ccc(Br)cc2)NC(=O)c2ccccc2)c1)c1ccccc1. The molecule has 0 radical (unpaired) electrons. The van der Waals surface area contributed by atoms with Gasteiger partial charge in [0.1, 0.15) is 21.5 Å². The van der Waals surface area contributed by atoms with E-state index in [1.807, 2.05) is 102 Å². The number of hydrogen-bond acceptors (Lipinski definition) is 7. The highest BCUT2D eigenvalue weighted by molar-refractivity contribution is 9.10. The first-order valence-corrected chi connectivity index (χ1v) is 19.5. The van der Waals surface area contributed by atoms with E-state index in [0.29, 0.717) is 37.8 Å². The van der Waals surface area contributed by atoms with Gasteiger partial charge in [0.2, 0.25) is 5.91 Å². The van der Waals surface area contributed by atoms with Crippen LogP contribution in [0.25, 0.3) is 17.2 Å². The topological polar surface area (TPSA) is 114 Å². The maximum absolute atomic E-state index is 14.2. The molecule has 1 aromatic heterocycles. The summed E-state index contributed by atoms with van der Waals surface area (Å²) in [5.74, 6) is -1.81. The van der Waals surface area contributed by atoms with Gasteiger partial charge in [-0.1, -0.05) is 113 Å². The number of hydrogen-bond donors (Lipinski definition) is 3. The number of carbonyl (C=O) groups is 4. The molecule has 0 bridgehead atoms. The van der Waals surface area contributed by atoms with Crippen LogP contribution in [0.1, 0.15) is 44.0 Å². The lowest BCUT2D eigenvalue weighted by Crippen LogP contribution is -2.30. The highest BCUT2D eigenvalue weighted by Crippen LogP contribution is 2.40. The van der Waals surface area contributed by atoms with Gasteiger partial charge in [-0.25, -0.2) is 4.79 Å². The quantitative estimate of drug-likeness (QED) is 0.0608. The number of thiophene rings is 1. The number of nitrogens with one attached hydrogen (secondary N) is 3. The number of rotatable bonds is 13. The molecule has 6 rings (SSSR count). The van der Waals surface area contributed by atoms with Crippen LogP contribution in [-0.2, 0) is 14.3 Å². The first kappa shape index (κ1) is 38.0. The van der Waals surface area contributed by atoms with Crippen molar-refractivity contribution in [2.24, 2.45) is 0 Å². The molecule has 3 amide bonds. The average Bonchev–Trinajstić information content (AvgIpc) is 3.62. The normalized spacial score (nSPS) is 11.6. The molecule has 0 saturated carbocycles. The Labute approximate surface area is 329 Å². The average molecular weight is 817 g/mol. The van der Waals surface area contributed by atoms with Crippen molar-refractivity contribution in [2.75, 3.05) is 17.2 Å². The minimum Gasteiger partial charge on any atom is -0.462 e. The number of carbonyl (C=O) groups excluding carboxylic acids is 4. The minimum absolute atomic E-state index is 0.0500. The molecular weight excluding hydrogens is 783 g/mol. The number of amides is 3. The zero-order valence-electron chi connectivity index (χ0n) is 29.0. The number of anilines is 2. The lowest BCUT2D eigenvalue weighted by atomic mass is 10.0.